The van der Waals surface area contributed by atoms with Crippen molar-refractivity contribution in [2.24, 2.45) is 17.8 Å². The van der Waals surface area contributed by atoms with Crippen LogP contribution in [0.25, 0.3) is 0 Å². The number of aryl methyl sites for hydroxylation is 1. The monoisotopic (exact) mass is 214 g/mol. The van der Waals surface area contributed by atoms with Gasteiger partial charge in [0.05, 0.1) is 0 Å². The molecule has 0 amide bonds. The van der Waals surface area contributed by atoms with Gasteiger partial charge in [-0.1, -0.05) is 31.2 Å². The molecule has 1 aliphatic heterocycles. The second-order valence-electron chi connectivity index (χ2n) is 5.36. The van der Waals surface area contributed by atoms with E-state index in [9.17, 15) is 0 Å². The predicted molar refractivity (Wildman–Crippen MR) is 66.9 cm³/mol. The molecule has 2 unspecified atom stereocenters. The van der Waals surface area contributed by atoms with Crippen molar-refractivity contribution in [1.29, 1.82) is 0 Å². The molecule has 3 rings (SSSR count). The number of hydrogen-bond acceptors (Lipinski definition) is 1. The maximum absolute atomic E-state index is 4.17. The first kappa shape index (κ1) is 10.3. The van der Waals surface area contributed by atoms with Crippen molar-refractivity contribution >= 4 is 0 Å². The predicted octanol–water partition coefficient (Wildman–Crippen LogP) is 2.76. The molecule has 0 aromatic heterocycles. The van der Waals surface area contributed by atoms with Crippen molar-refractivity contribution in [2.75, 3.05) is 13.1 Å². The van der Waals surface area contributed by atoms with Crippen LogP contribution in [-0.2, 0) is 13.0 Å². The molecule has 1 radical (unpaired) electrons. The number of rotatable bonds is 3. The third-order valence-corrected chi connectivity index (χ3v) is 4.28. The molecule has 2 atom stereocenters. The molecule has 1 aliphatic carbocycles. The number of fused-ring (bicyclic) bond motifs is 1. The van der Waals surface area contributed by atoms with E-state index < -0.39 is 0 Å². The summed E-state index contributed by atoms with van der Waals surface area (Å²) >= 11 is 0. The molecule has 1 saturated carbocycles. The summed E-state index contributed by atoms with van der Waals surface area (Å²) in [6.07, 6.45) is 1.14. The van der Waals surface area contributed by atoms with Gasteiger partial charge in [-0.2, -0.15) is 0 Å². The van der Waals surface area contributed by atoms with Gasteiger partial charge in [0.2, 0.25) is 0 Å². The summed E-state index contributed by atoms with van der Waals surface area (Å²) in [5.74, 6) is 2.59. The Morgan fingerprint density at radius 2 is 1.69 bits per heavy atom. The van der Waals surface area contributed by atoms with Crippen LogP contribution in [-0.4, -0.2) is 18.0 Å². The number of nitrogens with zero attached hydrogens (tertiary/aromatic N) is 1. The van der Waals surface area contributed by atoms with Crippen LogP contribution >= 0.6 is 0 Å². The summed E-state index contributed by atoms with van der Waals surface area (Å²) < 4.78 is 0. The fourth-order valence-corrected chi connectivity index (χ4v) is 3.00. The lowest BCUT2D eigenvalue weighted by Crippen LogP contribution is -2.23. The standard InChI is InChI=1S/C15H20N/c1-3-12-4-6-13(7-5-12)8-16-9-14-11(2)15(14)10-16/h4-7,11,14-15H,2-3,8-10H2,1H3. The van der Waals surface area contributed by atoms with Crippen LogP contribution in [0.4, 0.5) is 0 Å². The Hall–Kier alpha value is -0.820. The van der Waals surface area contributed by atoms with E-state index in [2.05, 4.69) is 43.0 Å². The molecular formula is C15H20N. The summed E-state index contributed by atoms with van der Waals surface area (Å²) in [5.41, 5.74) is 2.89. The number of hydrogen-bond donors (Lipinski definition) is 0. The van der Waals surface area contributed by atoms with E-state index in [1.54, 1.807) is 0 Å². The smallest absolute Gasteiger partial charge is 0.0233 e. The molecule has 0 spiro atoms. The van der Waals surface area contributed by atoms with Gasteiger partial charge in [-0.05, 0) is 42.2 Å². The largest absolute Gasteiger partial charge is 0.298 e. The topological polar surface area (TPSA) is 3.24 Å². The molecule has 16 heavy (non-hydrogen) atoms. The van der Waals surface area contributed by atoms with E-state index in [1.807, 2.05) is 0 Å². The Morgan fingerprint density at radius 3 is 2.25 bits per heavy atom. The van der Waals surface area contributed by atoms with Crippen molar-refractivity contribution in [3.05, 3.63) is 42.3 Å². The second-order valence-corrected chi connectivity index (χ2v) is 5.36. The minimum Gasteiger partial charge on any atom is -0.298 e. The second kappa shape index (κ2) is 3.89. The van der Waals surface area contributed by atoms with E-state index in [0.717, 1.165) is 30.7 Å². The zero-order valence-electron chi connectivity index (χ0n) is 10.0. The van der Waals surface area contributed by atoms with E-state index in [1.165, 1.54) is 24.2 Å². The zero-order chi connectivity index (χ0) is 11.1. The van der Waals surface area contributed by atoms with Crippen LogP contribution < -0.4 is 0 Å². The summed E-state index contributed by atoms with van der Waals surface area (Å²) in [4.78, 5) is 2.58. The quantitative estimate of drug-likeness (QED) is 0.748. The summed E-state index contributed by atoms with van der Waals surface area (Å²) in [6, 6.07) is 9.08. The van der Waals surface area contributed by atoms with Gasteiger partial charge in [-0.3, -0.25) is 4.90 Å². The Labute approximate surface area is 98.5 Å². The third-order valence-electron chi connectivity index (χ3n) is 4.28. The first-order valence-corrected chi connectivity index (χ1v) is 6.41. The molecule has 1 nitrogen and oxygen atoms in total. The van der Waals surface area contributed by atoms with E-state index in [-0.39, 0.29) is 0 Å². The minimum atomic E-state index is 0.763. The van der Waals surface area contributed by atoms with Crippen LogP contribution in [0.3, 0.4) is 0 Å². The molecule has 1 heterocycles. The molecular weight excluding hydrogens is 194 g/mol. The van der Waals surface area contributed by atoms with Gasteiger partial charge >= 0.3 is 0 Å². The van der Waals surface area contributed by atoms with Gasteiger partial charge in [0.1, 0.15) is 0 Å². The fraction of sp³-hybridized carbons (Fsp3) is 0.533. The molecule has 1 aromatic carbocycles. The lowest BCUT2D eigenvalue weighted by Gasteiger charge is -2.18. The Kier molecular flexibility index (Phi) is 2.51. The minimum absolute atomic E-state index is 0.763. The van der Waals surface area contributed by atoms with Crippen LogP contribution in [0.2, 0.25) is 0 Å². The first-order chi connectivity index (χ1) is 7.78. The summed E-state index contributed by atoms with van der Waals surface area (Å²) in [6.45, 7) is 10.1. The first-order valence-electron chi connectivity index (χ1n) is 6.41. The van der Waals surface area contributed by atoms with Crippen LogP contribution in [0.15, 0.2) is 24.3 Å². The summed E-state index contributed by atoms with van der Waals surface area (Å²) in [7, 11) is 0. The van der Waals surface area contributed by atoms with Gasteiger partial charge in [0.25, 0.3) is 0 Å². The molecule has 2 fully saturated rings. The molecule has 2 aliphatic rings. The highest BCUT2D eigenvalue weighted by atomic mass is 15.2. The van der Waals surface area contributed by atoms with Gasteiger partial charge in [0.15, 0.2) is 0 Å². The normalized spacial score (nSPS) is 32.8. The van der Waals surface area contributed by atoms with Crippen LogP contribution in [0.5, 0.6) is 0 Å². The van der Waals surface area contributed by atoms with Crippen molar-refractivity contribution in [3.8, 4) is 0 Å². The zero-order valence-corrected chi connectivity index (χ0v) is 10.0. The SMILES string of the molecule is [CH2]C1C2CN(Cc3ccc(CC)cc3)CC12. The Morgan fingerprint density at radius 1 is 1.12 bits per heavy atom. The molecule has 0 N–H and O–H groups in total. The molecule has 1 aromatic rings. The highest BCUT2D eigenvalue weighted by Crippen LogP contribution is 2.51. The highest BCUT2D eigenvalue weighted by molar-refractivity contribution is 5.22. The fourth-order valence-electron chi connectivity index (χ4n) is 3.00. The van der Waals surface area contributed by atoms with E-state index in [4.69, 9.17) is 0 Å². The van der Waals surface area contributed by atoms with Crippen molar-refractivity contribution in [1.82, 2.24) is 4.90 Å². The maximum atomic E-state index is 4.17. The maximum Gasteiger partial charge on any atom is 0.0233 e. The van der Waals surface area contributed by atoms with Gasteiger partial charge in [-0.25, -0.2) is 0 Å². The average molecular weight is 214 g/mol. The van der Waals surface area contributed by atoms with Crippen molar-refractivity contribution in [3.63, 3.8) is 0 Å². The van der Waals surface area contributed by atoms with Crippen molar-refractivity contribution in [2.45, 2.75) is 19.9 Å². The Balaban J connectivity index is 1.58. The van der Waals surface area contributed by atoms with Gasteiger partial charge < -0.3 is 0 Å². The lowest BCUT2D eigenvalue weighted by atomic mass is 10.1. The van der Waals surface area contributed by atoms with Crippen LogP contribution in [0.1, 0.15) is 18.1 Å². The number of likely N-dealkylation sites (tertiary alicyclic amines) is 1. The molecule has 85 valence electrons. The Bertz CT molecular complexity index is 356. The van der Waals surface area contributed by atoms with Crippen LogP contribution in [0, 0.1) is 24.7 Å². The highest BCUT2D eigenvalue weighted by Gasteiger charge is 2.52. The summed E-state index contributed by atoms with van der Waals surface area (Å²) in [5, 5.41) is 0. The van der Waals surface area contributed by atoms with Crippen molar-refractivity contribution < 1.29 is 0 Å². The van der Waals surface area contributed by atoms with Gasteiger partial charge in [-0.15, -0.1) is 0 Å². The van der Waals surface area contributed by atoms with E-state index in [0.29, 0.717) is 0 Å². The number of piperidine rings is 1. The average Bonchev–Trinajstić information content (AvgIpc) is 2.77. The third kappa shape index (κ3) is 1.78. The van der Waals surface area contributed by atoms with E-state index >= 15 is 0 Å². The number of benzene rings is 1. The molecule has 0 bridgehead atoms. The van der Waals surface area contributed by atoms with Gasteiger partial charge in [0, 0.05) is 19.6 Å². The molecule has 1 saturated heterocycles. The molecule has 1 heteroatoms. The lowest BCUT2D eigenvalue weighted by molar-refractivity contribution is 0.286.